The van der Waals surface area contributed by atoms with Crippen LogP contribution in [0, 0.1) is 20.2 Å². The van der Waals surface area contributed by atoms with E-state index in [1.807, 2.05) is 6.92 Å². The molecule has 0 saturated carbocycles. The fraction of sp³-hybridized carbons (Fsp3) is 0.136. The molecule has 0 bridgehead atoms. The lowest BCUT2D eigenvalue weighted by atomic mass is 10.2. The van der Waals surface area contributed by atoms with Crippen molar-refractivity contribution in [2.45, 2.75) is 13.5 Å². The van der Waals surface area contributed by atoms with Crippen molar-refractivity contribution in [2.75, 3.05) is 12.0 Å². The molecular formula is C22H20N4O6. The summed E-state index contributed by atoms with van der Waals surface area (Å²) in [7, 11) is 0. The van der Waals surface area contributed by atoms with Crippen molar-refractivity contribution in [3.05, 3.63) is 98.1 Å². The highest BCUT2D eigenvalue weighted by Crippen LogP contribution is 2.29. The summed E-state index contributed by atoms with van der Waals surface area (Å²) in [5.74, 6) is 1.01. The van der Waals surface area contributed by atoms with Gasteiger partial charge in [0, 0.05) is 24.3 Å². The first-order valence-corrected chi connectivity index (χ1v) is 9.63. The summed E-state index contributed by atoms with van der Waals surface area (Å²) >= 11 is 0. The Balaban J connectivity index is 1.67. The summed E-state index contributed by atoms with van der Waals surface area (Å²) in [4.78, 5) is 20.7. The summed E-state index contributed by atoms with van der Waals surface area (Å²) in [5, 5.41) is 25.8. The highest BCUT2D eigenvalue weighted by atomic mass is 16.6. The summed E-state index contributed by atoms with van der Waals surface area (Å²) < 4.78 is 11.5. The van der Waals surface area contributed by atoms with E-state index in [1.165, 1.54) is 24.3 Å². The van der Waals surface area contributed by atoms with Crippen LogP contribution in [-0.4, -0.2) is 22.7 Å². The van der Waals surface area contributed by atoms with Crippen molar-refractivity contribution >= 4 is 23.3 Å². The molecule has 1 N–H and O–H groups in total. The minimum absolute atomic E-state index is 0.00147. The van der Waals surface area contributed by atoms with Gasteiger partial charge in [0.25, 0.3) is 11.4 Å². The first kappa shape index (κ1) is 22.2. The second-order valence-electron chi connectivity index (χ2n) is 6.53. The molecule has 32 heavy (non-hydrogen) atoms. The monoisotopic (exact) mass is 436 g/mol. The number of hydrazone groups is 1. The topological polar surface area (TPSA) is 129 Å². The highest BCUT2D eigenvalue weighted by molar-refractivity contribution is 5.81. The Morgan fingerprint density at radius 3 is 2.34 bits per heavy atom. The summed E-state index contributed by atoms with van der Waals surface area (Å²) in [6, 6.07) is 17.4. The Labute approximate surface area is 183 Å². The van der Waals surface area contributed by atoms with Crippen LogP contribution in [0.4, 0.5) is 17.1 Å². The number of hydrogen-bond donors (Lipinski definition) is 1. The maximum Gasteiger partial charge on any atom is 0.269 e. The Morgan fingerprint density at radius 2 is 1.66 bits per heavy atom. The lowest BCUT2D eigenvalue weighted by Crippen LogP contribution is -2.01. The molecule has 10 nitrogen and oxygen atoms in total. The summed E-state index contributed by atoms with van der Waals surface area (Å²) in [5.41, 5.74) is 4.82. The van der Waals surface area contributed by atoms with Crippen molar-refractivity contribution in [2.24, 2.45) is 5.10 Å². The van der Waals surface area contributed by atoms with E-state index in [-0.39, 0.29) is 18.0 Å². The first-order chi connectivity index (χ1) is 15.5. The van der Waals surface area contributed by atoms with Crippen LogP contribution in [0.2, 0.25) is 0 Å². The third-order valence-electron chi connectivity index (χ3n) is 4.27. The number of nitrogens with one attached hydrogen (secondary N) is 1. The zero-order valence-electron chi connectivity index (χ0n) is 17.1. The van der Waals surface area contributed by atoms with E-state index in [4.69, 9.17) is 9.47 Å². The van der Waals surface area contributed by atoms with E-state index < -0.39 is 9.85 Å². The van der Waals surface area contributed by atoms with Crippen LogP contribution in [0.5, 0.6) is 11.5 Å². The van der Waals surface area contributed by atoms with E-state index in [2.05, 4.69) is 10.5 Å². The molecular weight excluding hydrogens is 416 g/mol. The third-order valence-corrected chi connectivity index (χ3v) is 4.27. The minimum Gasteiger partial charge on any atom is -0.490 e. The second kappa shape index (κ2) is 10.5. The predicted molar refractivity (Wildman–Crippen MR) is 119 cm³/mol. The molecule has 164 valence electrons. The molecule has 0 amide bonds. The van der Waals surface area contributed by atoms with Crippen LogP contribution in [-0.2, 0) is 6.61 Å². The molecule has 3 aromatic carbocycles. The quantitative estimate of drug-likeness (QED) is 0.271. The molecule has 0 heterocycles. The van der Waals surface area contributed by atoms with Gasteiger partial charge in [0.05, 0.1) is 28.4 Å². The smallest absolute Gasteiger partial charge is 0.269 e. The molecule has 0 spiro atoms. The number of nitro benzene ring substituents is 2. The molecule has 10 heteroatoms. The maximum absolute atomic E-state index is 10.9. The van der Waals surface area contributed by atoms with Crippen molar-refractivity contribution in [3.8, 4) is 11.5 Å². The predicted octanol–water partition coefficient (Wildman–Crippen LogP) is 4.93. The fourth-order valence-electron chi connectivity index (χ4n) is 2.75. The average Bonchev–Trinajstić information content (AvgIpc) is 2.79. The molecule has 3 aromatic rings. The maximum atomic E-state index is 10.9. The van der Waals surface area contributed by atoms with Crippen molar-refractivity contribution in [1.82, 2.24) is 0 Å². The molecule has 0 radical (unpaired) electrons. The Bertz CT molecular complexity index is 1130. The molecule has 0 atom stereocenters. The van der Waals surface area contributed by atoms with E-state index in [0.29, 0.717) is 29.4 Å². The van der Waals surface area contributed by atoms with Gasteiger partial charge in [0.1, 0.15) is 6.61 Å². The minimum atomic E-state index is -0.467. The zero-order valence-corrected chi connectivity index (χ0v) is 17.1. The summed E-state index contributed by atoms with van der Waals surface area (Å²) in [6.45, 7) is 2.42. The lowest BCUT2D eigenvalue weighted by molar-refractivity contribution is -0.385. The number of benzene rings is 3. The van der Waals surface area contributed by atoms with Gasteiger partial charge in [-0.2, -0.15) is 5.10 Å². The van der Waals surface area contributed by atoms with E-state index in [9.17, 15) is 20.2 Å². The first-order valence-electron chi connectivity index (χ1n) is 9.63. The van der Waals surface area contributed by atoms with Gasteiger partial charge in [-0.05, 0) is 48.4 Å². The van der Waals surface area contributed by atoms with Gasteiger partial charge in [0.15, 0.2) is 11.5 Å². The fourth-order valence-corrected chi connectivity index (χ4v) is 2.75. The average molecular weight is 436 g/mol. The largest absolute Gasteiger partial charge is 0.490 e. The van der Waals surface area contributed by atoms with Crippen LogP contribution in [0.25, 0.3) is 0 Å². The number of nitro groups is 2. The zero-order chi connectivity index (χ0) is 22.9. The number of ether oxygens (including phenoxy) is 2. The Kier molecular flexibility index (Phi) is 7.31. The second-order valence-corrected chi connectivity index (χ2v) is 6.53. The molecule has 0 aliphatic rings. The number of hydrogen-bond acceptors (Lipinski definition) is 8. The van der Waals surface area contributed by atoms with Gasteiger partial charge in [-0.1, -0.05) is 12.1 Å². The van der Waals surface area contributed by atoms with Crippen molar-refractivity contribution in [1.29, 1.82) is 0 Å². The van der Waals surface area contributed by atoms with Crippen LogP contribution >= 0.6 is 0 Å². The van der Waals surface area contributed by atoms with Crippen molar-refractivity contribution < 1.29 is 19.3 Å². The molecule has 0 aromatic heterocycles. The van der Waals surface area contributed by atoms with Crippen LogP contribution < -0.4 is 14.9 Å². The third kappa shape index (κ3) is 6.02. The normalized spacial score (nSPS) is 10.7. The summed E-state index contributed by atoms with van der Waals surface area (Å²) in [6.07, 6.45) is 1.58. The molecule has 3 rings (SSSR count). The Morgan fingerprint density at radius 1 is 0.906 bits per heavy atom. The molecule has 0 aliphatic heterocycles. The van der Waals surface area contributed by atoms with Gasteiger partial charge in [-0.25, -0.2) is 0 Å². The van der Waals surface area contributed by atoms with Crippen molar-refractivity contribution in [3.63, 3.8) is 0 Å². The van der Waals surface area contributed by atoms with Gasteiger partial charge in [-0.3, -0.25) is 25.7 Å². The van der Waals surface area contributed by atoms with Gasteiger partial charge in [0.2, 0.25) is 0 Å². The van der Waals surface area contributed by atoms with Crippen LogP contribution in [0.1, 0.15) is 18.1 Å². The van der Waals surface area contributed by atoms with Gasteiger partial charge >= 0.3 is 0 Å². The highest BCUT2D eigenvalue weighted by Gasteiger charge is 2.09. The Hall–Kier alpha value is -4.47. The van der Waals surface area contributed by atoms with Gasteiger partial charge < -0.3 is 9.47 Å². The molecule has 0 aliphatic carbocycles. The van der Waals surface area contributed by atoms with Crippen LogP contribution in [0.3, 0.4) is 0 Å². The number of anilines is 1. The van der Waals surface area contributed by atoms with Crippen LogP contribution in [0.15, 0.2) is 71.8 Å². The molecule has 0 fully saturated rings. The molecule has 0 unspecified atom stereocenters. The number of non-ortho nitro benzene ring substituents is 2. The molecule has 0 saturated heterocycles. The number of nitrogens with zero attached hydrogens (tertiary/aromatic N) is 3. The lowest BCUT2D eigenvalue weighted by Gasteiger charge is -2.12. The standard InChI is InChI=1S/C22H20N4O6/c1-2-31-22-13-16(14-23-24-18-7-9-19(10-8-18)25(27)28)6-11-21(22)32-15-17-4-3-5-20(12-17)26(29)30/h3-14,24H,2,15H2,1H3/b23-14+. The SMILES string of the molecule is CCOc1cc(/C=N/Nc2ccc([N+](=O)[O-])cc2)ccc1OCc1cccc([N+](=O)[O-])c1. The van der Waals surface area contributed by atoms with E-state index in [0.717, 1.165) is 5.56 Å². The van der Waals surface area contributed by atoms with E-state index in [1.54, 1.807) is 48.7 Å². The van der Waals surface area contributed by atoms with E-state index >= 15 is 0 Å². The number of rotatable bonds is 10. The van der Waals surface area contributed by atoms with Gasteiger partial charge in [-0.15, -0.1) is 0 Å².